The van der Waals surface area contributed by atoms with Crippen LogP contribution in [0.3, 0.4) is 0 Å². The molecule has 2 heterocycles. The summed E-state index contributed by atoms with van der Waals surface area (Å²) >= 11 is 3.40. The van der Waals surface area contributed by atoms with Gasteiger partial charge in [0.1, 0.15) is 5.71 Å². The maximum absolute atomic E-state index is 10.4. The number of halogens is 1. The van der Waals surface area contributed by atoms with Crippen molar-refractivity contribution in [2.24, 2.45) is 9.98 Å². The van der Waals surface area contributed by atoms with E-state index in [1.165, 1.54) is 0 Å². The molecule has 0 amide bonds. The van der Waals surface area contributed by atoms with Crippen LogP contribution in [0.4, 0.5) is 11.4 Å². The van der Waals surface area contributed by atoms with Crippen molar-refractivity contribution < 1.29 is 5.11 Å². The predicted octanol–water partition coefficient (Wildman–Crippen LogP) is 3.77. The molecule has 0 fully saturated rings. The van der Waals surface area contributed by atoms with Gasteiger partial charge in [0.15, 0.2) is 5.88 Å². The molecule has 0 saturated carbocycles. The third kappa shape index (κ3) is 1.98. The van der Waals surface area contributed by atoms with Crippen molar-refractivity contribution in [3.05, 3.63) is 52.0 Å². The number of para-hydroxylation sites is 1. The first-order chi connectivity index (χ1) is 11.1. The average molecular weight is 369 g/mol. The quantitative estimate of drug-likeness (QED) is 0.571. The van der Waals surface area contributed by atoms with E-state index < -0.39 is 0 Å². The summed E-state index contributed by atoms with van der Waals surface area (Å²) in [6, 6.07) is 11.5. The van der Waals surface area contributed by atoms with E-state index in [1.54, 1.807) is 7.05 Å². The van der Waals surface area contributed by atoms with E-state index in [9.17, 15) is 5.11 Å². The van der Waals surface area contributed by atoms with E-state index >= 15 is 0 Å². The number of H-pyrrole nitrogens is 1. The van der Waals surface area contributed by atoms with Crippen molar-refractivity contribution in [1.29, 1.82) is 0 Å². The lowest BCUT2D eigenvalue weighted by Crippen LogP contribution is -2.12. The predicted molar refractivity (Wildman–Crippen MR) is 97.2 cm³/mol. The smallest absolute Gasteiger partial charge is 0.199 e. The zero-order chi connectivity index (χ0) is 16.1. The summed E-state index contributed by atoms with van der Waals surface area (Å²) in [7, 11) is 1.73. The summed E-state index contributed by atoms with van der Waals surface area (Å²) in [4.78, 5) is 12.0. The Morgan fingerprint density at radius 1 is 1.26 bits per heavy atom. The maximum atomic E-state index is 10.4. The van der Waals surface area contributed by atoms with Gasteiger partial charge < -0.3 is 15.8 Å². The molecular formula is C17H13BrN4O. The zero-order valence-corrected chi connectivity index (χ0v) is 13.8. The van der Waals surface area contributed by atoms with Gasteiger partial charge in [0.05, 0.1) is 22.5 Å². The highest BCUT2D eigenvalue weighted by atomic mass is 79.9. The van der Waals surface area contributed by atoms with Crippen LogP contribution >= 0.6 is 15.9 Å². The highest BCUT2D eigenvalue weighted by Crippen LogP contribution is 2.37. The number of nitrogens with zero attached hydrogens (tertiary/aromatic N) is 2. The molecule has 114 valence electrons. The van der Waals surface area contributed by atoms with Crippen molar-refractivity contribution in [3.8, 4) is 5.88 Å². The number of nitrogens with two attached hydrogens (primary N) is 1. The first-order valence-electron chi connectivity index (χ1n) is 7.05. The van der Waals surface area contributed by atoms with E-state index in [1.807, 2.05) is 36.4 Å². The minimum atomic E-state index is 0.0604. The van der Waals surface area contributed by atoms with Crippen molar-refractivity contribution in [3.63, 3.8) is 0 Å². The fourth-order valence-corrected chi connectivity index (χ4v) is 3.27. The second-order valence-electron chi connectivity index (χ2n) is 5.32. The lowest BCUT2D eigenvalue weighted by Gasteiger charge is -2.04. The molecule has 6 heteroatoms. The molecule has 1 aliphatic rings. The average Bonchev–Trinajstić information content (AvgIpc) is 3.04. The summed E-state index contributed by atoms with van der Waals surface area (Å²) in [6.45, 7) is 0. The first kappa shape index (κ1) is 14.0. The molecule has 4 rings (SSSR count). The van der Waals surface area contributed by atoms with Crippen LogP contribution in [-0.2, 0) is 0 Å². The molecule has 0 bridgehead atoms. The van der Waals surface area contributed by atoms with Gasteiger partial charge in [-0.05, 0) is 34.1 Å². The second-order valence-corrected chi connectivity index (χ2v) is 6.17. The van der Waals surface area contributed by atoms with Crippen LogP contribution in [-0.4, -0.2) is 28.6 Å². The van der Waals surface area contributed by atoms with Crippen molar-refractivity contribution in [2.45, 2.75) is 0 Å². The zero-order valence-electron chi connectivity index (χ0n) is 12.3. The largest absolute Gasteiger partial charge is 0.494 e. The maximum Gasteiger partial charge on any atom is 0.199 e. The van der Waals surface area contributed by atoms with Gasteiger partial charge in [0, 0.05) is 28.2 Å². The Labute approximate surface area is 140 Å². The van der Waals surface area contributed by atoms with E-state index in [2.05, 4.69) is 30.9 Å². The molecule has 0 unspecified atom stereocenters. The fourth-order valence-electron chi connectivity index (χ4n) is 2.93. The fraction of sp³-hybridized carbons (Fsp3) is 0.0588. The number of nitrogen functional groups attached to an aromatic ring is 1. The van der Waals surface area contributed by atoms with Crippen LogP contribution < -0.4 is 5.73 Å². The molecular weight excluding hydrogens is 356 g/mol. The third-order valence-corrected chi connectivity index (χ3v) is 4.66. The number of aromatic amines is 1. The van der Waals surface area contributed by atoms with Crippen molar-refractivity contribution >= 4 is 49.6 Å². The standard InChI is InChI=1S/C17H13BrN4O/c1-20-15-8-4-2-3-5-12(8)21-16(15)14-9-6-11(19)10(18)7-13(9)22-17(14)23/h2-7,22-23H,19H2,1H3. The Balaban J connectivity index is 2.01. The summed E-state index contributed by atoms with van der Waals surface area (Å²) in [5, 5.41) is 11.2. The number of hydrogen-bond donors (Lipinski definition) is 3. The second kappa shape index (κ2) is 4.96. The Morgan fingerprint density at radius 3 is 2.83 bits per heavy atom. The summed E-state index contributed by atoms with van der Waals surface area (Å²) in [5.74, 6) is 0.0604. The lowest BCUT2D eigenvalue weighted by atomic mass is 10.0. The number of anilines is 1. The molecule has 1 aliphatic heterocycles. The number of nitrogens with one attached hydrogen (secondary N) is 1. The third-order valence-electron chi connectivity index (χ3n) is 3.97. The Bertz CT molecular complexity index is 1020. The van der Waals surface area contributed by atoms with Gasteiger partial charge in [-0.15, -0.1) is 0 Å². The highest BCUT2D eigenvalue weighted by molar-refractivity contribution is 9.10. The van der Waals surface area contributed by atoms with Gasteiger partial charge in [-0.25, -0.2) is 4.99 Å². The Morgan fingerprint density at radius 2 is 2.04 bits per heavy atom. The molecule has 0 aliphatic carbocycles. The van der Waals surface area contributed by atoms with Crippen LogP contribution in [0.1, 0.15) is 11.1 Å². The number of fused-ring (bicyclic) bond motifs is 2. The highest BCUT2D eigenvalue weighted by Gasteiger charge is 2.28. The van der Waals surface area contributed by atoms with Crippen molar-refractivity contribution in [2.75, 3.05) is 12.8 Å². The van der Waals surface area contributed by atoms with Gasteiger partial charge in [0.25, 0.3) is 0 Å². The SMILES string of the molecule is CN=C1C(c2c(O)[nH]c3cc(Br)c(N)cc23)=Nc2ccccc21. The van der Waals surface area contributed by atoms with Crippen LogP contribution in [0.15, 0.2) is 50.9 Å². The number of aromatic nitrogens is 1. The molecule has 5 nitrogen and oxygen atoms in total. The topological polar surface area (TPSA) is 86.8 Å². The first-order valence-corrected chi connectivity index (χ1v) is 7.84. The molecule has 23 heavy (non-hydrogen) atoms. The van der Waals surface area contributed by atoms with Crippen LogP contribution in [0, 0.1) is 0 Å². The lowest BCUT2D eigenvalue weighted by molar-refractivity contribution is 0.457. The van der Waals surface area contributed by atoms with E-state index in [-0.39, 0.29) is 5.88 Å². The molecule has 3 aromatic rings. The molecule has 0 saturated heterocycles. The minimum absolute atomic E-state index is 0.0604. The monoisotopic (exact) mass is 368 g/mol. The molecule has 0 spiro atoms. The van der Waals surface area contributed by atoms with Crippen LogP contribution in [0.5, 0.6) is 5.88 Å². The summed E-state index contributed by atoms with van der Waals surface area (Å²) < 4.78 is 0.777. The minimum Gasteiger partial charge on any atom is -0.494 e. The van der Waals surface area contributed by atoms with Gasteiger partial charge in [0.2, 0.25) is 0 Å². The van der Waals surface area contributed by atoms with Gasteiger partial charge >= 0.3 is 0 Å². The van der Waals surface area contributed by atoms with Gasteiger partial charge in [-0.2, -0.15) is 0 Å². The number of aromatic hydroxyl groups is 1. The van der Waals surface area contributed by atoms with Gasteiger partial charge in [-0.1, -0.05) is 18.2 Å². The van der Waals surface area contributed by atoms with Gasteiger partial charge in [-0.3, -0.25) is 4.99 Å². The number of aliphatic imine (C=N–C) groups is 2. The molecule has 0 radical (unpaired) electrons. The summed E-state index contributed by atoms with van der Waals surface area (Å²) in [6.07, 6.45) is 0. The number of rotatable bonds is 1. The number of hydrogen-bond acceptors (Lipinski definition) is 4. The van der Waals surface area contributed by atoms with E-state index in [0.29, 0.717) is 17.0 Å². The normalized spacial score (nSPS) is 15.2. The van der Waals surface area contributed by atoms with E-state index in [0.717, 1.165) is 32.3 Å². The molecule has 1 aromatic heterocycles. The Kier molecular flexibility index (Phi) is 3.02. The van der Waals surface area contributed by atoms with Crippen LogP contribution in [0.2, 0.25) is 0 Å². The van der Waals surface area contributed by atoms with Crippen LogP contribution in [0.25, 0.3) is 10.9 Å². The Hall–Kier alpha value is -2.60. The molecule has 4 N–H and O–H groups in total. The molecule has 0 atom stereocenters. The van der Waals surface area contributed by atoms with E-state index in [4.69, 9.17) is 5.73 Å². The molecule has 2 aromatic carbocycles. The summed E-state index contributed by atoms with van der Waals surface area (Å²) in [5.41, 5.74) is 11.2. The van der Waals surface area contributed by atoms with Crippen molar-refractivity contribution in [1.82, 2.24) is 4.98 Å². The number of benzene rings is 2.